The molecule has 2 atom stereocenters. The van der Waals surface area contributed by atoms with Crippen LogP contribution < -0.4 is 0 Å². The third kappa shape index (κ3) is 2.30. The molecular weight excluding hydrogens is 324 g/mol. The summed E-state index contributed by atoms with van der Waals surface area (Å²) in [6, 6.07) is 21.9. The smallest absolute Gasteiger partial charge is 0.152 e. The second kappa shape index (κ2) is 6.00. The average molecular weight is 342 g/mol. The van der Waals surface area contributed by atoms with Crippen molar-refractivity contribution in [2.24, 2.45) is 0 Å². The van der Waals surface area contributed by atoms with Crippen LogP contribution in [0.15, 0.2) is 83.7 Å². The number of aromatic nitrogens is 2. The quantitative estimate of drug-likeness (QED) is 0.603. The van der Waals surface area contributed by atoms with Gasteiger partial charge >= 0.3 is 0 Å². The van der Waals surface area contributed by atoms with Gasteiger partial charge in [-0.2, -0.15) is 0 Å². The van der Waals surface area contributed by atoms with E-state index in [1.807, 2.05) is 60.9 Å². The van der Waals surface area contributed by atoms with Crippen molar-refractivity contribution in [2.75, 3.05) is 0 Å². The molecule has 0 unspecified atom stereocenters. The van der Waals surface area contributed by atoms with Crippen LogP contribution in [-0.2, 0) is 6.42 Å². The van der Waals surface area contributed by atoms with Crippen LogP contribution in [0.5, 0.6) is 0 Å². The third-order valence-electron chi connectivity index (χ3n) is 5.06. The van der Waals surface area contributed by atoms with Crippen molar-refractivity contribution in [2.45, 2.75) is 18.6 Å². The van der Waals surface area contributed by atoms with Crippen LogP contribution in [-0.4, -0.2) is 20.8 Å². The third-order valence-corrected chi connectivity index (χ3v) is 5.06. The molecule has 128 valence electrons. The zero-order valence-electron chi connectivity index (χ0n) is 14.1. The Labute approximate surface area is 151 Å². The van der Waals surface area contributed by atoms with Gasteiger partial charge in [-0.1, -0.05) is 54.6 Å². The van der Waals surface area contributed by atoms with Gasteiger partial charge in [0, 0.05) is 12.0 Å². The Morgan fingerprint density at radius 3 is 2.58 bits per heavy atom. The zero-order valence-corrected chi connectivity index (χ0v) is 14.1. The van der Waals surface area contributed by atoms with E-state index in [1.165, 1.54) is 5.56 Å². The highest BCUT2D eigenvalue weighted by molar-refractivity contribution is 5.76. The lowest BCUT2D eigenvalue weighted by atomic mass is 10.1. The summed E-state index contributed by atoms with van der Waals surface area (Å²) in [7, 11) is 0. The number of rotatable bonds is 3. The topological polar surface area (TPSA) is 51.2 Å². The number of hydrogen-bond donors (Lipinski definition) is 1. The van der Waals surface area contributed by atoms with Crippen molar-refractivity contribution in [3.63, 3.8) is 0 Å². The van der Waals surface area contributed by atoms with Crippen molar-refractivity contribution in [3.8, 4) is 22.7 Å². The van der Waals surface area contributed by atoms with Crippen LogP contribution >= 0.6 is 0 Å². The molecular formula is C22H18N2O2. The largest absolute Gasteiger partial charge is 0.463 e. The molecule has 1 aliphatic rings. The number of aliphatic hydroxyl groups excluding tert-OH is 1. The number of aliphatic hydroxyl groups is 1. The molecule has 1 aliphatic carbocycles. The number of imidazole rings is 1. The Bertz CT molecular complexity index is 1040. The first-order valence-corrected chi connectivity index (χ1v) is 8.75. The van der Waals surface area contributed by atoms with Gasteiger partial charge in [-0.3, -0.25) is 0 Å². The summed E-state index contributed by atoms with van der Waals surface area (Å²) in [6.07, 6.45) is 3.65. The summed E-state index contributed by atoms with van der Waals surface area (Å²) in [4.78, 5) is 4.69. The number of nitrogens with zero attached hydrogens (tertiary/aromatic N) is 2. The lowest BCUT2D eigenvalue weighted by Crippen LogP contribution is -2.21. The van der Waals surface area contributed by atoms with Crippen LogP contribution in [0, 0.1) is 0 Å². The molecule has 0 bridgehead atoms. The molecule has 4 aromatic rings. The summed E-state index contributed by atoms with van der Waals surface area (Å²) < 4.78 is 7.77. The molecule has 0 aliphatic heterocycles. The molecule has 0 fully saturated rings. The second-order valence-corrected chi connectivity index (χ2v) is 6.61. The molecule has 0 spiro atoms. The fraction of sp³-hybridized carbons (Fsp3) is 0.136. The van der Waals surface area contributed by atoms with E-state index in [-0.39, 0.29) is 6.04 Å². The molecule has 2 aromatic carbocycles. The predicted octanol–water partition coefficient (Wildman–Crippen LogP) is 4.32. The number of hydrogen-bond acceptors (Lipinski definition) is 3. The van der Waals surface area contributed by atoms with Crippen LogP contribution in [0.4, 0.5) is 0 Å². The van der Waals surface area contributed by atoms with E-state index in [9.17, 15) is 5.11 Å². The van der Waals surface area contributed by atoms with Gasteiger partial charge in [0.05, 0.1) is 30.4 Å². The Kier molecular flexibility index (Phi) is 3.50. The highest BCUT2D eigenvalue weighted by atomic mass is 16.3. The molecule has 4 heteroatoms. The number of furan rings is 1. The summed E-state index contributed by atoms with van der Waals surface area (Å²) in [5.74, 6) is 0.748. The Hall–Kier alpha value is -3.11. The van der Waals surface area contributed by atoms with Crippen LogP contribution in [0.2, 0.25) is 0 Å². The van der Waals surface area contributed by atoms with Crippen molar-refractivity contribution in [1.29, 1.82) is 0 Å². The molecule has 2 aromatic heterocycles. The van der Waals surface area contributed by atoms with E-state index in [0.29, 0.717) is 6.42 Å². The Morgan fingerprint density at radius 2 is 1.77 bits per heavy atom. The standard InChI is InChI=1S/C22H18N2O2/c25-18-13-16-9-4-5-10-17(16)21(18)24-14-23-20(15-7-2-1-3-8-15)22(24)19-11-6-12-26-19/h1-12,14,18,21,25H,13H2/t18-,21+/m1/s1. The van der Waals surface area contributed by atoms with Gasteiger partial charge < -0.3 is 14.1 Å². The fourth-order valence-corrected chi connectivity index (χ4v) is 3.92. The average Bonchev–Trinajstić information content (AvgIpc) is 3.39. The van der Waals surface area contributed by atoms with Crippen LogP contribution in [0.1, 0.15) is 17.2 Å². The normalized spacial score (nSPS) is 18.8. The minimum atomic E-state index is -0.487. The molecule has 26 heavy (non-hydrogen) atoms. The first kappa shape index (κ1) is 15.2. The summed E-state index contributed by atoms with van der Waals surface area (Å²) in [6.45, 7) is 0. The van der Waals surface area contributed by atoms with Crippen LogP contribution in [0.25, 0.3) is 22.7 Å². The summed E-state index contributed by atoms with van der Waals surface area (Å²) in [5, 5.41) is 10.8. The van der Waals surface area contributed by atoms with Gasteiger partial charge in [-0.15, -0.1) is 0 Å². The fourth-order valence-electron chi connectivity index (χ4n) is 3.92. The highest BCUT2D eigenvalue weighted by Gasteiger charge is 2.34. The SMILES string of the molecule is O[C@@H]1Cc2ccccc2[C@@H]1n1cnc(-c2ccccc2)c1-c1ccco1. The minimum absolute atomic E-state index is 0.170. The lowest BCUT2D eigenvalue weighted by Gasteiger charge is -2.20. The van der Waals surface area contributed by atoms with Crippen molar-refractivity contribution in [3.05, 3.63) is 90.4 Å². The van der Waals surface area contributed by atoms with Crippen molar-refractivity contribution < 1.29 is 9.52 Å². The monoisotopic (exact) mass is 342 g/mol. The van der Waals surface area contributed by atoms with Crippen molar-refractivity contribution in [1.82, 2.24) is 9.55 Å². The van der Waals surface area contributed by atoms with Gasteiger partial charge in [-0.25, -0.2) is 4.98 Å². The molecule has 1 N–H and O–H groups in total. The molecule has 0 amide bonds. The van der Waals surface area contributed by atoms with Gasteiger partial charge in [0.1, 0.15) is 5.69 Å². The molecule has 2 heterocycles. The molecule has 4 nitrogen and oxygen atoms in total. The first-order chi connectivity index (χ1) is 12.8. The van der Waals surface area contributed by atoms with Gasteiger partial charge in [-0.05, 0) is 23.3 Å². The van der Waals surface area contributed by atoms with E-state index in [2.05, 4.69) is 21.7 Å². The molecule has 0 radical (unpaired) electrons. The Morgan fingerprint density at radius 1 is 0.962 bits per heavy atom. The van der Waals surface area contributed by atoms with Crippen molar-refractivity contribution >= 4 is 0 Å². The molecule has 5 rings (SSSR count). The second-order valence-electron chi connectivity index (χ2n) is 6.61. The van der Waals surface area contributed by atoms with Gasteiger partial charge in [0.15, 0.2) is 5.76 Å². The summed E-state index contributed by atoms with van der Waals surface area (Å²) >= 11 is 0. The molecule has 0 saturated carbocycles. The predicted molar refractivity (Wildman–Crippen MR) is 99.7 cm³/mol. The lowest BCUT2D eigenvalue weighted by molar-refractivity contribution is 0.145. The van der Waals surface area contributed by atoms with E-state index in [0.717, 1.165) is 28.3 Å². The van der Waals surface area contributed by atoms with E-state index in [1.54, 1.807) is 6.26 Å². The summed E-state index contributed by atoms with van der Waals surface area (Å²) in [5.41, 5.74) is 5.10. The van der Waals surface area contributed by atoms with E-state index in [4.69, 9.17) is 4.42 Å². The maximum absolute atomic E-state index is 10.8. The Balaban J connectivity index is 1.73. The number of fused-ring (bicyclic) bond motifs is 1. The first-order valence-electron chi connectivity index (χ1n) is 8.75. The maximum atomic E-state index is 10.8. The maximum Gasteiger partial charge on any atom is 0.152 e. The van der Waals surface area contributed by atoms with E-state index >= 15 is 0 Å². The van der Waals surface area contributed by atoms with Gasteiger partial charge in [0.2, 0.25) is 0 Å². The van der Waals surface area contributed by atoms with Crippen LogP contribution in [0.3, 0.4) is 0 Å². The van der Waals surface area contributed by atoms with E-state index < -0.39 is 6.10 Å². The highest BCUT2D eigenvalue weighted by Crippen LogP contribution is 2.40. The molecule has 0 saturated heterocycles. The zero-order chi connectivity index (χ0) is 17.5. The minimum Gasteiger partial charge on any atom is -0.463 e. The number of benzene rings is 2. The van der Waals surface area contributed by atoms with Gasteiger partial charge in [0.25, 0.3) is 0 Å².